The van der Waals surface area contributed by atoms with Gasteiger partial charge in [-0.25, -0.2) is 0 Å². The molecule has 0 aromatic rings. The summed E-state index contributed by atoms with van der Waals surface area (Å²) in [5, 5.41) is 10.3. The zero-order chi connectivity index (χ0) is 11.4. The Balaban J connectivity index is 1.84. The normalized spacial score (nSPS) is 38.2. The third-order valence-corrected chi connectivity index (χ3v) is 4.11. The monoisotopic (exact) mass is 228 g/mol. The summed E-state index contributed by atoms with van der Waals surface area (Å²) in [4.78, 5) is 0. The van der Waals surface area contributed by atoms with E-state index >= 15 is 0 Å². The molecule has 2 fully saturated rings. The van der Waals surface area contributed by atoms with E-state index in [9.17, 15) is 5.11 Å². The molecule has 4 unspecified atom stereocenters. The molecule has 0 radical (unpaired) electrons. The molecule has 0 aromatic heterocycles. The second-order valence-electron chi connectivity index (χ2n) is 5.18. The summed E-state index contributed by atoms with van der Waals surface area (Å²) < 4.78 is 10.9. The molecule has 2 rings (SSSR count). The van der Waals surface area contributed by atoms with Crippen LogP contribution in [0, 0.1) is 11.8 Å². The van der Waals surface area contributed by atoms with Gasteiger partial charge in [-0.3, -0.25) is 0 Å². The standard InChI is InChI=1S/C13H24O3/c1-2-10-4-3-5-11(8-10)13(14)12-9-15-6-7-16-12/h10-14H,2-9H2,1H3. The lowest BCUT2D eigenvalue weighted by atomic mass is 9.76. The second-order valence-corrected chi connectivity index (χ2v) is 5.18. The smallest absolute Gasteiger partial charge is 0.107 e. The van der Waals surface area contributed by atoms with Gasteiger partial charge >= 0.3 is 0 Å². The van der Waals surface area contributed by atoms with Gasteiger partial charge < -0.3 is 14.6 Å². The van der Waals surface area contributed by atoms with E-state index in [4.69, 9.17) is 9.47 Å². The van der Waals surface area contributed by atoms with Gasteiger partial charge in [-0.15, -0.1) is 0 Å². The molecule has 94 valence electrons. The van der Waals surface area contributed by atoms with Gasteiger partial charge in [0.05, 0.1) is 25.9 Å². The van der Waals surface area contributed by atoms with Gasteiger partial charge in [0.1, 0.15) is 6.10 Å². The van der Waals surface area contributed by atoms with Gasteiger partial charge in [-0.05, 0) is 24.7 Å². The Hall–Kier alpha value is -0.120. The number of hydrogen-bond acceptors (Lipinski definition) is 3. The summed E-state index contributed by atoms with van der Waals surface area (Å²) in [5.74, 6) is 1.23. The molecule has 16 heavy (non-hydrogen) atoms. The van der Waals surface area contributed by atoms with E-state index in [2.05, 4.69) is 6.92 Å². The van der Waals surface area contributed by atoms with E-state index in [0.717, 1.165) is 18.8 Å². The number of ether oxygens (including phenoxy) is 2. The highest BCUT2D eigenvalue weighted by Crippen LogP contribution is 2.34. The van der Waals surface area contributed by atoms with Crippen LogP contribution in [0.15, 0.2) is 0 Å². The summed E-state index contributed by atoms with van der Waals surface area (Å²) in [6.07, 6.45) is 5.74. The van der Waals surface area contributed by atoms with Crippen LogP contribution in [0.3, 0.4) is 0 Å². The molecular formula is C13H24O3. The Kier molecular flexibility index (Phi) is 4.62. The topological polar surface area (TPSA) is 38.7 Å². The number of hydrogen-bond donors (Lipinski definition) is 1. The third kappa shape index (κ3) is 2.96. The van der Waals surface area contributed by atoms with Gasteiger partial charge in [0.25, 0.3) is 0 Å². The van der Waals surface area contributed by atoms with E-state index in [0.29, 0.717) is 25.7 Å². The van der Waals surface area contributed by atoms with E-state index in [-0.39, 0.29) is 12.2 Å². The molecule has 1 N–H and O–H groups in total. The lowest BCUT2D eigenvalue weighted by Crippen LogP contribution is -2.43. The van der Waals surface area contributed by atoms with Gasteiger partial charge in [-0.2, -0.15) is 0 Å². The fraction of sp³-hybridized carbons (Fsp3) is 1.00. The lowest BCUT2D eigenvalue weighted by molar-refractivity contribution is -0.148. The zero-order valence-electron chi connectivity index (χ0n) is 10.2. The highest BCUT2D eigenvalue weighted by molar-refractivity contribution is 4.83. The zero-order valence-corrected chi connectivity index (χ0v) is 10.2. The first-order valence-electron chi connectivity index (χ1n) is 6.68. The summed E-state index contributed by atoms with van der Waals surface area (Å²) in [6, 6.07) is 0. The molecule has 0 aromatic carbocycles. The molecule has 1 aliphatic carbocycles. The third-order valence-electron chi connectivity index (χ3n) is 4.11. The maximum Gasteiger partial charge on any atom is 0.107 e. The average Bonchev–Trinajstić information content (AvgIpc) is 2.39. The Morgan fingerprint density at radius 2 is 2.19 bits per heavy atom. The summed E-state index contributed by atoms with van der Waals surface area (Å²) >= 11 is 0. The molecule has 4 atom stereocenters. The Morgan fingerprint density at radius 3 is 2.88 bits per heavy atom. The van der Waals surface area contributed by atoms with Gasteiger partial charge in [0, 0.05) is 0 Å². The van der Waals surface area contributed by atoms with Crippen LogP contribution in [0.5, 0.6) is 0 Å². The summed E-state index contributed by atoms with van der Waals surface area (Å²) in [6.45, 7) is 4.12. The predicted molar refractivity (Wildman–Crippen MR) is 62.3 cm³/mol. The van der Waals surface area contributed by atoms with Crippen molar-refractivity contribution in [2.75, 3.05) is 19.8 Å². The molecule has 1 aliphatic heterocycles. The summed E-state index contributed by atoms with van der Waals surface area (Å²) in [5.41, 5.74) is 0. The van der Waals surface area contributed by atoms with Crippen molar-refractivity contribution in [1.82, 2.24) is 0 Å². The quantitative estimate of drug-likeness (QED) is 0.802. The van der Waals surface area contributed by atoms with E-state index in [1.807, 2.05) is 0 Å². The van der Waals surface area contributed by atoms with Crippen molar-refractivity contribution in [3.63, 3.8) is 0 Å². The number of aliphatic hydroxyl groups excluding tert-OH is 1. The minimum atomic E-state index is -0.324. The van der Waals surface area contributed by atoms with Crippen molar-refractivity contribution >= 4 is 0 Å². The Bertz CT molecular complexity index is 201. The minimum Gasteiger partial charge on any atom is -0.390 e. The molecule has 3 heteroatoms. The van der Waals surface area contributed by atoms with Crippen LogP contribution in [0.25, 0.3) is 0 Å². The fourth-order valence-electron chi connectivity index (χ4n) is 3.02. The van der Waals surface area contributed by atoms with Crippen LogP contribution in [0.4, 0.5) is 0 Å². The van der Waals surface area contributed by atoms with Gasteiger partial charge in [-0.1, -0.05) is 26.2 Å². The SMILES string of the molecule is CCC1CCCC(C(O)C2COCCO2)C1. The maximum absolute atomic E-state index is 10.3. The van der Waals surface area contributed by atoms with E-state index in [1.54, 1.807) is 0 Å². The van der Waals surface area contributed by atoms with Crippen molar-refractivity contribution < 1.29 is 14.6 Å². The van der Waals surface area contributed by atoms with Crippen LogP contribution in [0.1, 0.15) is 39.0 Å². The highest BCUT2D eigenvalue weighted by atomic mass is 16.6. The van der Waals surface area contributed by atoms with Crippen molar-refractivity contribution in [3.05, 3.63) is 0 Å². The number of aliphatic hydroxyl groups is 1. The molecule has 3 nitrogen and oxygen atoms in total. The molecular weight excluding hydrogens is 204 g/mol. The highest BCUT2D eigenvalue weighted by Gasteiger charge is 2.33. The van der Waals surface area contributed by atoms with Gasteiger partial charge in [0.2, 0.25) is 0 Å². The largest absolute Gasteiger partial charge is 0.390 e. The van der Waals surface area contributed by atoms with Crippen LogP contribution in [0.2, 0.25) is 0 Å². The van der Waals surface area contributed by atoms with Crippen molar-refractivity contribution in [1.29, 1.82) is 0 Å². The van der Waals surface area contributed by atoms with Crippen LogP contribution < -0.4 is 0 Å². The maximum atomic E-state index is 10.3. The van der Waals surface area contributed by atoms with E-state index in [1.165, 1.54) is 19.3 Å². The van der Waals surface area contributed by atoms with Crippen LogP contribution in [-0.2, 0) is 9.47 Å². The molecule has 1 saturated heterocycles. The fourth-order valence-corrected chi connectivity index (χ4v) is 3.02. The van der Waals surface area contributed by atoms with Crippen molar-refractivity contribution in [2.45, 2.75) is 51.2 Å². The Labute approximate surface area is 98.1 Å². The molecule has 0 spiro atoms. The number of rotatable bonds is 3. The first-order valence-corrected chi connectivity index (χ1v) is 6.68. The predicted octanol–water partition coefficient (Wildman–Crippen LogP) is 1.98. The van der Waals surface area contributed by atoms with Crippen molar-refractivity contribution in [3.8, 4) is 0 Å². The van der Waals surface area contributed by atoms with E-state index < -0.39 is 0 Å². The van der Waals surface area contributed by atoms with Crippen LogP contribution in [-0.4, -0.2) is 37.1 Å². The second kappa shape index (κ2) is 5.99. The average molecular weight is 228 g/mol. The first-order chi connectivity index (χ1) is 7.81. The Morgan fingerprint density at radius 1 is 1.31 bits per heavy atom. The van der Waals surface area contributed by atoms with Crippen molar-refractivity contribution in [2.24, 2.45) is 11.8 Å². The first kappa shape index (κ1) is 12.3. The molecule has 0 amide bonds. The molecule has 1 heterocycles. The van der Waals surface area contributed by atoms with Gasteiger partial charge in [0.15, 0.2) is 0 Å². The molecule has 1 saturated carbocycles. The van der Waals surface area contributed by atoms with Crippen LogP contribution >= 0.6 is 0 Å². The summed E-state index contributed by atoms with van der Waals surface area (Å²) in [7, 11) is 0. The minimum absolute atomic E-state index is 0.0886. The molecule has 2 aliphatic rings. The molecule has 0 bridgehead atoms. The lowest BCUT2D eigenvalue weighted by Gasteiger charge is -2.36.